The van der Waals surface area contributed by atoms with Gasteiger partial charge in [-0.2, -0.15) is 5.48 Å². The number of aliphatic hydroxyl groups is 1. The third-order valence-corrected chi connectivity index (χ3v) is 6.30. The molecule has 3 aromatic rings. The minimum Gasteiger partial charge on any atom is -0.394 e. The standard InChI is InChI=1S/C28H32N2O2S/c1-4-8-27(29-19-26-16-13-22(3)33-26)28(18-24-14-11-21(2)12-15-24)30-32-25(20-31)17-23-9-6-5-7-10-23/h4,6,9-16,25,28,30-31H,1,8,17-20H2,2-3H3/b29-27+/t25?,28-/m0/s1. The van der Waals surface area contributed by atoms with E-state index < -0.39 is 0 Å². The molecule has 0 aliphatic rings. The number of nitrogens with one attached hydrogen (secondary N) is 1. The van der Waals surface area contributed by atoms with Gasteiger partial charge in [0.25, 0.3) is 0 Å². The summed E-state index contributed by atoms with van der Waals surface area (Å²) in [5, 5.41) is 9.89. The lowest BCUT2D eigenvalue weighted by atomic mass is 9.99. The summed E-state index contributed by atoms with van der Waals surface area (Å²) in [5.41, 5.74) is 7.67. The summed E-state index contributed by atoms with van der Waals surface area (Å²) in [4.78, 5) is 13.5. The molecule has 5 heteroatoms. The van der Waals surface area contributed by atoms with Gasteiger partial charge in [-0.3, -0.25) is 9.83 Å². The molecule has 1 heterocycles. The van der Waals surface area contributed by atoms with E-state index in [4.69, 9.17) is 9.83 Å². The Bertz CT molecular complexity index is 1010. The van der Waals surface area contributed by atoms with Crippen LogP contribution in [0.2, 0.25) is 0 Å². The van der Waals surface area contributed by atoms with Crippen LogP contribution in [0.5, 0.6) is 0 Å². The summed E-state index contributed by atoms with van der Waals surface area (Å²) in [6, 6.07) is 24.1. The topological polar surface area (TPSA) is 53.9 Å². The van der Waals surface area contributed by atoms with Gasteiger partial charge in [0.05, 0.1) is 19.2 Å². The maximum Gasteiger partial charge on any atom is 0.106 e. The van der Waals surface area contributed by atoms with Crippen molar-refractivity contribution in [3.8, 4) is 0 Å². The Labute approximate surface area is 201 Å². The van der Waals surface area contributed by atoms with Crippen LogP contribution < -0.4 is 5.48 Å². The molecule has 2 aromatic carbocycles. The molecule has 0 bridgehead atoms. The van der Waals surface area contributed by atoms with Gasteiger partial charge < -0.3 is 5.11 Å². The number of allylic oxidation sites excluding steroid dienone is 1. The lowest BCUT2D eigenvalue weighted by Gasteiger charge is -2.24. The van der Waals surface area contributed by atoms with Crippen LogP contribution in [0.1, 0.15) is 32.9 Å². The third-order valence-electron chi connectivity index (χ3n) is 5.32. The predicted octanol–water partition coefficient (Wildman–Crippen LogP) is 5.22. The fourth-order valence-electron chi connectivity index (χ4n) is 3.49. The van der Waals surface area contributed by atoms with Gasteiger partial charge >= 0.3 is 0 Å². The van der Waals surface area contributed by atoms with Crippen molar-refractivity contribution in [2.75, 3.05) is 6.61 Å². The molecule has 1 unspecified atom stereocenters. The molecule has 172 valence electrons. The second-order valence-corrected chi connectivity index (χ2v) is 9.51. The summed E-state index contributed by atoms with van der Waals surface area (Å²) < 4.78 is 0. The van der Waals surface area contributed by atoms with Crippen molar-refractivity contribution in [3.63, 3.8) is 0 Å². The molecular formula is C28H32N2O2S. The van der Waals surface area contributed by atoms with Crippen LogP contribution in [-0.4, -0.2) is 29.6 Å². The molecule has 0 radical (unpaired) electrons. The highest BCUT2D eigenvalue weighted by Gasteiger charge is 2.19. The Morgan fingerprint density at radius 1 is 1.12 bits per heavy atom. The van der Waals surface area contributed by atoms with E-state index in [2.05, 4.69) is 74.4 Å². The van der Waals surface area contributed by atoms with Gasteiger partial charge in [-0.15, -0.1) is 17.9 Å². The molecular weight excluding hydrogens is 428 g/mol. The molecule has 0 spiro atoms. The average molecular weight is 461 g/mol. The highest BCUT2D eigenvalue weighted by atomic mass is 32.1. The number of aryl methyl sites for hydroxylation is 2. The molecule has 0 aliphatic heterocycles. The molecule has 2 atom stereocenters. The zero-order valence-electron chi connectivity index (χ0n) is 19.4. The third kappa shape index (κ3) is 8.27. The van der Waals surface area contributed by atoms with E-state index in [9.17, 15) is 5.11 Å². The maximum atomic E-state index is 9.89. The first-order chi connectivity index (χ1) is 16.1. The van der Waals surface area contributed by atoms with Crippen LogP contribution in [-0.2, 0) is 24.2 Å². The molecule has 2 N–H and O–H groups in total. The summed E-state index contributed by atoms with van der Waals surface area (Å²) in [6.07, 6.45) is 3.45. The minimum absolute atomic E-state index is 0.0920. The van der Waals surface area contributed by atoms with Crippen molar-refractivity contribution in [2.45, 2.75) is 51.8 Å². The van der Waals surface area contributed by atoms with Crippen LogP contribution in [0.3, 0.4) is 0 Å². The second-order valence-electron chi connectivity index (χ2n) is 8.14. The molecule has 33 heavy (non-hydrogen) atoms. The summed E-state index contributed by atoms with van der Waals surface area (Å²) in [5.74, 6) is 0. The number of rotatable bonds is 13. The number of nitrogens with zero attached hydrogens (tertiary/aromatic N) is 1. The summed E-state index contributed by atoms with van der Waals surface area (Å²) in [7, 11) is 0. The van der Waals surface area contributed by atoms with E-state index in [0.29, 0.717) is 19.4 Å². The van der Waals surface area contributed by atoms with Gasteiger partial charge in [0, 0.05) is 28.3 Å². The number of hydrogen-bond donors (Lipinski definition) is 2. The first-order valence-electron chi connectivity index (χ1n) is 11.2. The quantitative estimate of drug-likeness (QED) is 0.209. The van der Waals surface area contributed by atoms with E-state index in [1.54, 1.807) is 11.3 Å². The van der Waals surface area contributed by atoms with Gasteiger partial charge in [-0.25, -0.2) is 0 Å². The van der Waals surface area contributed by atoms with Gasteiger partial charge in [-0.1, -0.05) is 48.0 Å². The molecule has 3 rings (SSSR count). The fraction of sp³-hybridized carbons (Fsp3) is 0.321. The number of benzene rings is 1. The monoisotopic (exact) mass is 460 g/mol. The Balaban J connectivity index is 1.76. The Hall–Kier alpha value is -2.75. The average Bonchev–Trinajstić information content (AvgIpc) is 3.25. The maximum absolute atomic E-state index is 9.89. The van der Waals surface area contributed by atoms with Crippen LogP contribution in [0.25, 0.3) is 0 Å². The van der Waals surface area contributed by atoms with Crippen LogP contribution in [0, 0.1) is 26.0 Å². The van der Waals surface area contributed by atoms with Crippen molar-refractivity contribution in [1.82, 2.24) is 5.48 Å². The molecule has 4 nitrogen and oxygen atoms in total. The van der Waals surface area contributed by atoms with Crippen LogP contribution in [0.4, 0.5) is 0 Å². The van der Waals surface area contributed by atoms with Crippen molar-refractivity contribution in [3.05, 3.63) is 106 Å². The first-order valence-corrected chi connectivity index (χ1v) is 12.0. The van der Waals surface area contributed by atoms with E-state index in [1.165, 1.54) is 20.9 Å². The Morgan fingerprint density at radius 3 is 2.58 bits per heavy atom. The van der Waals surface area contributed by atoms with Crippen molar-refractivity contribution >= 4 is 17.0 Å². The van der Waals surface area contributed by atoms with E-state index in [1.807, 2.05) is 24.3 Å². The molecule has 0 fully saturated rings. The SMILES string of the molecule is C=CC/C(=N\Cc1ccc(C)s1)[C@H](Cc1ccc(C)cc1)NOC(CO)Cc1cc#ccc1. The highest BCUT2D eigenvalue weighted by molar-refractivity contribution is 7.11. The minimum atomic E-state index is -0.383. The lowest BCUT2D eigenvalue weighted by molar-refractivity contribution is -0.0569. The Morgan fingerprint density at radius 2 is 1.94 bits per heavy atom. The number of aliphatic imine (C=N–C) groups is 1. The number of thiophene rings is 1. The van der Waals surface area contributed by atoms with E-state index in [0.717, 1.165) is 17.7 Å². The van der Waals surface area contributed by atoms with Gasteiger partial charge in [0.1, 0.15) is 6.10 Å². The predicted molar refractivity (Wildman–Crippen MR) is 137 cm³/mol. The number of aliphatic hydroxyl groups excluding tert-OH is 1. The van der Waals surface area contributed by atoms with Gasteiger partial charge in [0.15, 0.2) is 0 Å². The first kappa shape index (κ1) is 24.9. The summed E-state index contributed by atoms with van der Waals surface area (Å²) in [6.45, 7) is 8.67. The van der Waals surface area contributed by atoms with Crippen LogP contribution in [0.15, 0.2) is 72.2 Å². The molecule has 0 amide bonds. The van der Waals surface area contributed by atoms with E-state index >= 15 is 0 Å². The fourth-order valence-corrected chi connectivity index (χ4v) is 4.31. The van der Waals surface area contributed by atoms with Crippen molar-refractivity contribution < 1.29 is 9.94 Å². The lowest BCUT2D eigenvalue weighted by Crippen LogP contribution is -2.42. The van der Waals surface area contributed by atoms with Crippen molar-refractivity contribution in [1.29, 1.82) is 0 Å². The van der Waals surface area contributed by atoms with E-state index in [-0.39, 0.29) is 18.8 Å². The van der Waals surface area contributed by atoms with Gasteiger partial charge in [0.2, 0.25) is 0 Å². The smallest absolute Gasteiger partial charge is 0.106 e. The molecule has 1 aromatic heterocycles. The Kier molecular flexibility index (Phi) is 9.86. The summed E-state index contributed by atoms with van der Waals surface area (Å²) >= 11 is 1.77. The number of hydroxylamine groups is 1. The normalized spacial score (nSPS) is 13.4. The molecule has 0 aliphatic carbocycles. The van der Waals surface area contributed by atoms with Crippen LogP contribution >= 0.6 is 11.3 Å². The second kappa shape index (κ2) is 13.1. The van der Waals surface area contributed by atoms with Gasteiger partial charge in [-0.05, 0) is 61.7 Å². The largest absolute Gasteiger partial charge is 0.394 e. The highest BCUT2D eigenvalue weighted by Crippen LogP contribution is 2.17. The van der Waals surface area contributed by atoms with Crippen molar-refractivity contribution in [2.24, 2.45) is 4.99 Å². The molecule has 0 saturated heterocycles. The zero-order valence-corrected chi connectivity index (χ0v) is 20.2. The zero-order chi connectivity index (χ0) is 23.5. The molecule has 0 saturated carbocycles. The number of hydrogen-bond acceptors (Lipinski definition) is 5.